The van der Waals surface area contributed by atoms with E-state index in [1.165, 1.54) is 31.2 Å². The summed E-state index contributed by atoms with van der Waals surface area (Å²) in [6.07, 6.45) is 5.24. The lowest BCUT2D eigenvalue weighted by atomic mass is 10.4. The molecule has 0 radical (unpaired) electrons. The Morgan fingerprint density at radius 2 is 2.23 bits per heavy atom. The van der Waals surface area contributed by atoms with Gasteiger partial charge in [0.05, 0.1) is 6.26 Å². The van der Waals surface area contributed by atoms with E-state index in [0.717, 1.165) is 4.73 Å². The normalized spacial score (nSPS) is 9.85. The van der Waals surface area contributed by atoms with E-state index in [-0.39, 0.29) is 0 Å². The van der Waals surface area contributed by atoms with Crippen LogP contribution in [0.1, 0.15) is 10.4 Å². The van der Waals surface area contributed by atoms with Crippen LogP contribution in [0.2, 0.25) is 0 Å². The number of carbonyl (C=O) groups excluding carboxylic acids is 1. The maximum absolute atomic E-state index is 11.2. The molecular formula is C7H5N3O3. The Labute approximate surface area is 72.7 Å². The van der Waals surface area contributed by atoms with Gasteiger partial charge in [-0.3, -0.25) is 0 Å². The van der Waals surface area contributed by atoms with Crippen molar-refractivity contribution < 1.29 is 14.0 Å². The number of carbonyl (C=O) groups is 1. The molecule has 0 saturated heterocycles. The molecule has 0 fully saturated rings. The van der Waals surface area contributed by atoms with Gasteiger partial charge in [-0.2, -0.15) is 0 Å². The van der Waals surface area contributed by atoms with Gasteiger partial charge in [-0.25, -0.2) is 4.79 Å². The number of furan rings is 1. The molecule has 6 nitrogen and oxygen atoms in total. The highest BCUT2D eigenvalue weighted by Crippen LogP contribution is 1.99. The maximum atomic E-state index is 11.2. The predicted octanol–water partition coefficient (Wildman–Crippen LogP) is 0.140. The second-order valence-electron chi connectivity index (χ2n) is 2.21. The predicted molar refractivity (Wildman–Crippen MR) is 39.6 cm³/mol. The van der Waals surface area contributed by atoms with E-state index in [9.17, 15) is 4.79 Å². The lowest BCUT2D eigenvalue weighted by Crippen LogP contribution is -2.17. The molecule has 6 heteroatoms. The van der Waals surface area contributed by atoms with Gasteiger partial charge in [0, 0.05) is 0 Å². The Morgan fingerprint density at radius 1 is 1.46 bits per heavy atom. The second-order valence-corrected chi connectivity index (χ2v) is 2.21. The number of rotatable bonds is 2. The molecule has 0 amide bonds. The van der Waals surface area contributed by atoms with E-state index in [2.05, 4.69) is 10.2 Å². The Bertz CT molecular complexity index is 379. The van der Waals surface area contributed by atoms with Crippen molar-refractivity contribution in [3.8, 4) is 0 Å². The lowest BCUT2D eigenvalue weighted by molar-refractivity contribution is 0.0458. The molecule has 0 aliphatic heterocycles. The van der Waals surface area contributed by atoms with E-state index < -0.39 is 5.97 Å². The van der Waals surface area contributed by atoms with E-state index >= 15 is 0 Å². The first-order chi connectivity index (χ1) is 6.36. The van der Waals surface area contributed by atoms with Crippen LogP contribution in [0.25, 0.3) is 0 Å². The molecule has 2 rings (SSSR count). The summed E-state index contributed by atoms with van der Waals surface area (Å²) in [6.45, 7) is 0. The van der Waals surface area contributed by atoms with Crippen LogP contribution in [0, 0.1) is 0 Å². The molecule has 0 atom stereocenters. The molecule has 13 heavy (non-hydrogen) atoms. The quantitative estimate of drug-likeness (QED) is 0.655. The van der Waals surface area contributed by atoms with Crippen LogP contribution >= 0.6 is 0 Å². The molecule has 0 aliphatic carbocycles. The summed E-state index contributed by atoms with van der Waals surface area (Å²) in [6, 6.07) is 1.51. The molecule has 0 saturated carbocycles. The van der Waals surface area contributed by atoms with Crippen LogP contribution in [0.5, 0.6) is 0 Å². The smallest absolute Gasteiger partial charge is 0.366 e. The van der Waals surface area contributed by atoms with Crippen molar-refractivity contribution in [3.63, 3.8) is 0 Å². The van der Waals surface area contributed by atoms with Crippen LogP contribution in [0.15, 0.2) is 35.7 Å². The number of hydrogen-bond donors (Lipinski definition) is 0. The van der Waals surface area contributed by atoms with Crippen LogP contribution in [-0.2, 0) is 0 Å². The summed E-state index contributed by atoms with van der Waals surface area (Å²) < 4.78 is 5.82. The first kappa shape index (κ1) is 7.53. The van der Waals surface area contributed by atoms with Gasteiger partial charge in [0.1, 0.15) is 11.8 Å². The topological polar surface area (TPSA) is 70.2 Å². The highest BCUT2D eigenvalue weighted by molar-refractivity contribution is 5.89. The zero-order valence-corrected chi connectivity index (χ0v) is 6.45. The first-order valence-corrected chi connectivity index (χ1v) is 3.46. The van der Waals surface area contributed by atoms with Crippen molar-refractivity contribution in [2.75, 3.05) is 0 Å². The summed E-state index contributed by atoms with van der Waals surface area (Å²) in [7, 11) is 0. The summed E-state index contributed by atoms with van der Waals surface area (Å²) in [5, 5.41) is 6.94. The van der Waals surface area contributed by atoms with E-state index in [1.807, 2.05) is 0 Å². The molecule has 2 heterocycles. The van der Waals surface area contributed by atoms with Crippen molar-refractivity contribution in [1.29, 1.82) is 0 Å². The Morgan fingerprint density at radius 3 is 2.85 bits per heavy atom. The van der Waals surface area contributed by atoms with Crippen LogP contribution < -0.4 is 4.84 Å². The number of hydrogen-bond acceptors (Lipinski definition) is 5. The largest absolute Gasteiger partial charge is 0.472 e. The Kier molecular flexibility index (Phi) is 1.79. The van der Waals surface area contributed by atoms with Gasteiger partial charge in [0.25, 0.3) is 0 Å². The summed E-state index contributed by atoms with van der Waals surface area (Å²) >= 11 is 0. The average molecular weight is 179 g/mol. The first-order valence-electron chi connectivity index (χ1n) is 3.46. The molecular weight excluding hydrogens is 174 g/mol. The van der Waals surface area contributed by atoms with Crippen molar-refractivity contribution in [2.45, 2.75) is 0 Å². The molecule has 0 N–H and O–H groups in total. The van der Waals surface area contributed by atoms with E-state index in [0.29, 0.717) is 5.56 Å². The molecule has 0 bridgehead atoms. The molecule has 2 aromatic rings. The maximum Gasteiger partial charge on any atom is 0.366 e. The third kappa shape index (κ3) is 1.56. The number of aromatic nitrogens is 3. The summed E-state index contributed by atoms with van der Waals surface area (Å²) in [4.78, 5) is 16.0. The number of nitrogens with zero attached hydrogens (tertiary/aromatic N) is 3. The third-order valence-corrected chi connectivity index (χ3v) is 1.34. The lowest BCUT2D eigenvalue weighted by Gasteiger charge is -1.98. The Hall–Kier alpha value is -2.11. The zero-order chi connectivity index (χ0) is 9.10. The monoisotopic (exact) mass is 179 g/mol. The summed E-state index contributed by atoms with van der Waals surface area (Å²) in [5.41, 5.74) is 0.341. The molecule has 0 aliphatic rings. The highest BCUT2D eigenvalue weighted by Gasteiger charge is 2.09. The van der Waals surface area contributed by atoms with Crippen LogP contribution in [-0.4, -0.2) is 20.9 Å². The minimum absolute atomic E-state index is 0.341. The van der Waals surface area contributed by atoms with Crippen molar-refractivity contribution in [3.05, 3.63) is 36.8 Å². The molecule has 66 valence electrons. The average Bonchev–Trinajstić information content (AvgIpc) is 2.74. The van der Waals surface area contributed by atoms with Gasteiger partial charge >= 0.3 is 5.97 Å². The fourth-order valence-electron chi connectivity index (χ4n) is 0.767. The minimum Gasteiger partial charge on any atom is -0.472 e. The molecule has 2 aromatic heterocycles. The van der Waals surface area contributed by atoms with Crippen LogP contribution in [0.3, 0.4) is 0 Å². The standard InChI is InChI=1S/C7H5N3O3/c11-7(6-1-2-12-3-6)13-10-4-8-9-5-10/h1-5H. The second kappa shape index (κ2) is 3.10. The fraction of sp³-hybridized carbons (Fsp3) is 0. The zero-order valence-electron chi connectivity index (χ0n) is 6.45. The Balaban J connectivity index is 2.08. The molecule has 0 aromatic carbocycles. The van der Waals surface area contributed by atoms with Crippen molar-refractivity contribution in [2.24, 2.45) is 0 Å². The van der Waals surface area contributed by atoms with Gasteiger partial charge in [-0.1, -0.05) is 0 Å². The summed E-state index contributed by atoms with van der Waals surface area (Å²) in [5.74, 6) is -0.520. The van der Waals surface area contributed by atoms with Gasteiger partial charge < -0.3 is 9.25 Å². The van der Waals surface area contributed by atoms with E-state index in [1.54, 1.807) is 0 Å². The molecule has 0 unspecified atom stereocenters. The van der Waals surface area contributed by atoms with Crippen molar-refractivity contribution in [1.82, 2.24) is 14.9 Å². The van der Waals surface area contributed by atoms with Crippen molar-refractivity contribution >= 4 is 5.97 Å². The third-order valence-electron chi connectivity index (χ3n) is 1.34. The molecule has 0 spiro atoms. The van der Waals surface area contributed by atoms with Gasteiger partial charge in [-0.05, 0) is 6.07 Å². The van der Waals surface area contributed by atoms with Gasteiger partial charge in [0.2, 0.25) is 0 Å². The SMILES string of the molecule is O=C(On1cnnc1)c1ccoc1. The highest BCUT2D eigenvalue weighted by atomic mass is 16.7. The minimum atomic E-state index is -0.520. The van der Waals surface area contributed by atoms with Gasteiger partial charge in [0.15, 0.2) is 12.7 Å². The van der Waals surface area contributed by atoms with Crippen LogP contribution in [0.4, 0.5) is 0 Å². The van der Waals surface area contributed by atoms with Gasteiger partial charge in [-0.15, -0.1) is 14.9 Å². The van der Waals surface area contributed by atoms with E-state index in [4.69, 9.17) is 9.25 Å². The fourth-order valence-corrected chi connectivity index (χ4v) is 0.767.